The number of nitrogens with zero attached hydrogens (tertiary/aromatic N) is 1. The van der Waals surface area contributed by atoms with Crippen LogP contribution in [0.25, 0.3) is 0 Å². The third-order valence-electron chi connectivity index (χ3n) is 3.05. The van der Waals surface area contributed by atoms with Crippen LogP contribution in [0.4, 0.5) is 5.69 Å². The van der Waals surface area contributed by atoms with Crippen molar-refractivity contribution in [2.45, 2.75) is 39.0 Å². The SMILES string of the molecule is CCCCCCOc1ccc(C(=O)CCCl)cc1[N+](=O)[O-]. The second-order valence-electron chi connectivity index (χ2n) is 4.71. The molecule has 0 bridgehead atoms. The Kier molecular flexibility index (Phi) is 7.75. The van der Waals surface area contributed by atoms with Gasteiger partial charge in [-0.25, -0.2) is 0 Å². The highest BCUT2D eigenvalue weighted by molar-refractivity contribution is 6.19. The van der Waals surface area contributed by atoms with E-state index in [1.165, 1.54) is 12.1 Å². The molecule has 0 fully saturated rings. The topological polar surface area (TPSA) is 69.4 Å². The van der Waals surface area contributed by atoms with Gasteiger partial charge < -0.3 is 4.74 Å². The lowest BCUT2D eigenvalue weighted by Gasteiger charge is -2.08. The monoisotopic (exact) mass is 313 g/mol. The van der Waals surface area contributed by atoms with Gasteiger partial charge in [-0.15, -0.1) is 11.6 Å². The minimum Gasteiger partial charge on any atom is -0.487 e. The first-order chi connectivity index (χ1) is 10.1. The largest absolute Gasteiger partial charge is 0.487 e. The molecular formula is C15H20ClNO4. The van der Waals surface area contributed by atoms with Crippen molar-refractivity contribution in [3.8, 4) is 5.75 Å². The lowest BCUT2D eigenvalue weighted by molar-refractivity contribution is -0.385. The molecule has 1 aromatic carbocycles. The first kappa shape index (κ1) is 17.4. The normalized spacial score (nSPS) is 10.4. The van der Waals surface area contributed by atoms with E-state index in [-0.39, 0.29) is 29.5 Å². The van der Waals surface area contributed by atoms with Gasteiger partial charge in [-0.05, 0) is 18.6 Å². The zero-order chi connectivity index (χ0) is 15.7. The summed E-state index contributed by atoms with van der Waals surface area (Å²) in [6.45, 7) is 2.55. The van der Waals surface area contributed by atoms with Gasteiger partial charge >= 0.3 is 5.69 Å². The second kappa shape index (κ2) is 9.34. The Morgan fingerprint density at radius 1 is 1.33 bits per heavy atom. The van der Waals surface area contributed by atoms with Crippen LogP contribution in [0, 0.1) is 10.1 Å². The number of ketones is 1. The molecule has 0 aliphatic carbocycles. The van der Waals surface area contributed by atoms with Crippen molar-refractivity contribution in [2.75, 3.05) is 12.5 Å². The highest BCUT2D eigenvalue weighted by atomic mass is 35.5. The number of hydrogen-bond acceptors (Lipinski definition) is 4. The Morgan fingerprint density at radius 2 is 2.10 bits per heavy atom. The highest BCUT2D eigenvalue weighted by Crippen LogP contribution is 2.28. The Bertz CT molecular complexity index is 491. The maximum absolute atomic E-state index is 11.7. The van der Waals surface area contributed by atoms with Crippen LogP contribution in [0.2, 0.25) is 0 Å². The Morgan fingerprint density at radius 3 is 2.71 bits per heavy atom. The summed E-state index contributed by atoms with van der Waals surface area (Å²) in [4.78, 5) is 22.3. The van der Waals surface area contributed by atoms with E-state index < -0.39 is 4.92 Å². The average molecular weight is 314 g/mol. The minimum absolute atomic E-state index is 0.163. The predicted molar refractivity (Wildman–Crippen MR) is 82.4 cm³/mol. The molecule has 0 N–H and O–H groups in total. The maximum atomic E-state index is 11.7. The fourth-order valence-corrected chi connectivity index (χ4v) is 2.07. The summed E-state index contributed by atoms with van der Waals surface area (Å²) in [5, 5.41) is 11.1. The van der Waals surface area contributed by atoms with Crippen molar-refractivity contribution < 1.29 is 14.5 Å². The summed E-state index contributed by atoms with van der Waals surface area (Å²) in [6, 6.07) is 4.29. The average Bonchev–Trinajstić information content (AvgIpc) is 2.47. The number of carbonyl (C=O) groups excluding carboxylic acids is 1. The molecule has 5 nitrogen and oxygen atoms in total. The number of ether oxygens (including phenoxy) is 1. The van der Waals surface area contributed by atoms with E-state index in [0.29, 0.717) is 12.2 Å². The summed E-state index contributed by atoms with van der Waals surface area (Å²) in [5.41, 5.74) is 0.117. The van der Waals surface area contributed by atoms with E-state index in [9.17, 15) is 14.9 Å². The third kappa shape index (κ3) is 5.71. The number of hydrogen-bond donors (Lipinski definition) is 0. The summed E-state index contributed by atoms with van der Waals surface area (Å²) in [7, 11) is 0. The number of unbranched alkanes of at least 4 members (excludes halogenated alkanes) is 3. The maximum Gasteiger partial charge on any atom is 0.311 e. The summed E-state index contributed by atoms with van der Waals surface area (Å²) in [6.07, 6.45) is 4.30. The van der Waals surface area contributed by atoms with Gasteiger partial charge in [0.15, 0.2) is 11.5 Å². The molecule has 6 heteroatoms. The Hall–Kier alpha value is -1.62. The number of nitro groups is 1. The Labute approximate surface area is 129 Å². The molecule has 0 aliphatic heterocycles. The first-order valence-electron chi connectivity index (χ1n) is 7.10. The van der Waals surface area contributed by atoms with Crippen molar-refractivity contribution in [1.82, 2.24) is 0 Å². The molecule has 21 heavy (non-hydrogen) atoms. The van der Waals surface area contributed by atoms with Crippen molar-refractivity contribution >= 4 is 23.1 Å². The number of rotatable bonds is 10. The molecule has 0 saturated carbocycles. The molecule has 0 spiro atoms. The van der Waals surface area contributed by atoms with Gasteiger partial charge in [0, 0.05) is 23.9 Å². The number of benzene rings is 1. The number of halogens is 1. The second-order valence-corrected chi connectivity index (χ2v) is 5.09. The molecule has 1 aromatic rings. The molecule has 0 unspecified atom stereocenters. The van der Waals surface area contributed by atoms with Gasteiger partial charge in [-0.1, -0.05) is 26.2 Å². The molecular weight excluding hydrogens is 294 g/mol. The van der Waals surface area contributed by atoms with Gasteiger partial charge in [-0.2, -0.15) is 0 Å². The van der Waals surface area contributed by atoms with Crippen LogP contribution in [0.3, 0.4) is 0 Å². The van der Waals surface area contributed by atoms with Gasteiger partial charge in [0.05, 0.1) is 11.5 Å². The van der Waals surface area contributed by atoms with E-state index >= 15 is 0 Å². The standard InChI is InChI=1S/C15H20ClNO4/c1-2-3-4-5-10-21-15-7-6-12(14(18)8-9-16)11-13(15)17(19)20/h6-7,11H,2-5,8-10H2,1H3. The van der Waals surface area contributed by atoms with Crippen molar-refractivity contribution in [3.05, 3.63) is 33.9 Å². The number of nitro benzene ring substituents is 1. The van der Waals surface area contributed by atoms with Crippen LogP contribution in [0.5, 0.6) is 5.75 Å². The molecule has 0 atom stereocenters. The van der Waals surface area contributed by atoms with E-state index in [0.717, 1.165) is 25.7 Å². The van der Waals surface area contributed by atoms with E-state index in [1.54, 1.807) is 6.07 Å². The van der Waals surface area contributed by atoms with Gasteiger partial charge in [0.1, 0.15) is 0 Å². The van der Waals surface area contributed by atoms with E-state index in [1.807, 2.05) is 0 Å². The Balaban J connectivity index is 2.75. The minimum atomic E-state index is -0.529. The zero-order valence-corrected chi connectivity index (χ0v) is 12.9. The molecule has 0 saturated heterocycles. The fraction of sp³-hybridized carbons (Fsp3) is 0.533. The quantitative estimate of drug-likeness (QED) is 0.211. The first-order valence-corrected chi connectivity index (χ1v) is 7.64. The van der Waals surface area contributed by atoms with Crippen LogP contribution in [0.1, 0.15) is 49.4 Å². The van der Waals surface area contributed by atoms with Crippen molar-refractivity contribution in [3.63, 3.8) is 0 Å². The van der Waals surface area contributed by atoms with Crippen molar-refractivity contribution in [1.29, 1.82) is 0 Å². The number of Topliss-reactive ketones (excluding diaryl/α,β-unsaturated/α-hetero) is 1. The summed E-state index contributed by atoms with van der Waals surface area (Å²) < 4.78 is 5.46. The molecule has 0 radical (unpaired) electrons. The third-order valence-corrected chi connectivity index (χ3v) is 3.24. The van der Waals surface area contributed by atoms with Crippen LogP contribution < -0.4 is 4.74 Å². The highest BCUT2D eigenvalue weighted by Gasteiger charge is 2.18. The summed E-state index contributed by atoms with van der Waals surface area (Å²) >= 11 is 5.51. The van der Waals surface area contributed by atoms with E-state index in [2.05, 4.69) is 6.92 Å². The van der Waals surface area contributed by atoms with Crippen LogP contribution >= 0.6 is 11.6 Å². The summed E-state index contributed by atoms with van der Waals surface area (Å²) in [5.74, 6) is 0.198. The molecule has 0 aromatic heterocycles. The predicted octanol–water partition coefficient (Wildman–Crippen LogP) is 4.37. The van der Waals surface area contributed by atoms with Crippen LogP contribution in [-0.2, 0) is 0 Å². The van der Waals surface area contributed by atoms with Gasteiger partial charge in [-0.3, -0.25) is 14.9 Å². The zero-order valence-electron chi connectivity index (χ0n) is 12.1. The van der Waals surface area contributed by atoms with Gasteiger partial charge in [0.25, 0.3) is 0 Å². The van der Waals surface area contributed by atoms with Gasteiger partial charge in [0.2, 0.25) is 0 Å². The molecule has 1 rings (SSSR count). The lowest BCUT2D eigenvalue weighted by atomic mass is 10.1. The van der Waals surface area contributed by atoms with E-state index in [4.69, 9.17) is 16.3 Å². The molecule has 0 amide bonds. The molecule has 0 aliphatic rings. The smallest absolute Gasteiger partial charge is 0.311 e. The number of carbonyl (C=O) groups is 1. The van der Waals surface area contributed by atoms with Crippen molar-refractivity contribution in [2.24, 2.45) is 0 Å². The lowest BCUT2D eigenvalue weighted by Crippen LogP contribution is -2.04. The number of alkyl halides is 1. The van der Waals surface area contributed by atoms with Crippen LogP contribution in [0.15, 0.2) is 18.2 Å². The van der Waals surface area contributed by atoms with Crippen LogP contribution in [-0.4, -0.2) is 23.2 Å². The fourth-order valence-electron chi connectivity index (χ4n) is 1.90. The molecule has 116 valence electrons. The molecule has 0 heterocycles.